The van der Waals surface area contributed by atoms with Gasteiger partial charge in [0.1, 0.15) is 11.5 Å². The summed E-state index contributed by atoms with van der Waals surface area (Å²) in [6.07, 6.45) is -1.11. The second-order valence-corrected chi connectivity index (χ2v) is 4.04. The van der Waals surface area contributed by atoms with Gasteiger partial charge < -0.3 is 14.6 Å². The van der Waals surface area contributed by atoms with Crippen molar-refractivity contribution in [3.05, 3.63) is 42.5 Å². The van der Waals surface area contributed by atoms with Crippen molar-refractivity contribution in [2.24, 2.45) is 0 Å². The summed E-state index contributed by atoms with van der Waals surface area (Å²) in [5.74, 6) is 1.29. The molecular formula is C15H15NO4. The van der Waals surface area contributed by atoms with Gasteiger partial charge in [0, 0.05) is 17.2 Å². The molecule has 0 radical (unpaired) electrons. The lowest BCUT2D eigenvalue weighted by molar-refractivity contribution is 0.210. The number of ether oxygens (including phenoxy) is 2. The van der Waals surface area contributed by atoms with E-state index in [-0.39, 0.29) is 0 Å². The molecule has 0 saturated carbocycles. The molecule has 0 fully saturated rings. The normalized spacial score (nSPS) is 9.90. The number of benzene rings is 2. The Hall–Kier alpha value is -2.69. The second-order valence-electron chi connectivity index (χ2n) is 4.04. The van der Waals surface area contributed by atoms with Crippen LogP contribution in [-0.2, 0) is 0 Å². The molecule has 0 unspecified atom stereocenters. The van der Waals surface area contributed by atoms with Crippen LogP contribution in [0, 0.1) is 0 Å². The average Bonchev–Trinajstić information content (AvgIpc) is 2.46. The summed E-state index contributed by atoms with van der Waals surface area (Å²) in [5.41, 5.74) is 2.04. The van der Waals surface area contributed by atoms with Crippen molar-refractivity contribution >= 4 is 11.8 Å². The quantitative estimate of drug-likeness (QED) is 0.895. The van der Waals surface area contributed by atoms with Crippen LogP contribution in [0.15, 0.2) is 42.5 Å². The maximum atomic E-state index is 10.8. The maximum absolute atomic E-state index is 10.8. The molecule has 1 amide bonds. The highest BCUT2D eigenvalue weighted by Crippen LogP contribution is 2.37. The molecule has 2 aromatic carbocycles. The van der Waals surface area contributed by atoms with Gasteiger partial charge in [-0.05, 0) is 18.2 Å². The molecule has 20 heavy (non-hydrogen) atoms. The predicted molar refractivity (Wildman–Crippen MR) is 76.6 cm³/mol. The van der Waals surface area contributed by atoms with Gasteiger partial charge in [0.05, 0.1) is 19.9 Å². The summed E-state index contributed by atoms with van der Waals surface area (Å²) >= 11 is 0. The first kappa shape index (κ1) is 13.7. The van der Waals surface area contributed by atoms with E-state index in [0.717, 1.165) is 11.1 Å². The molecule has 104 valence electrons. The molecule has 0 aliphatic carbocycles. The first-order valence-electron chi connectivity index (χ1n) is 5.97. The van der Waals surface area contributed by atoms with Crippen molar-refractivity contribution in [3.63, 3.8) is 0 Å². The summed E-state index contributed by atoms with van der Waals surface area (Å²) in [6, 6.07) is 12.5. The number of hydrogen-bond acceptors (Lipinski definition) is 3. The summed E-state index contributed by atoms with van der Waals surface area (Å²) in [5, 5.41) is 11.3. The standard InChI is InChI=1S/C15H15NO4/c1-19-10-7-8-12(14(9-10)20-2)11-5-3-4-6-13(11)16-15(17)18/h3-9,16H,1-2H3,(H,17,18). The molecule has 0 heterocycles. The second kappa shape index (κ2) is 5.97. The number of methoxy groups -OCH3 is 2. The third kappa shape index (κ3) is 2.83. The van der Waals surface area contributed by atoms with Gasteiger partial charge in [-0.25, -0.2) is 4.79 Å². The van der Waals surface area contributed by atoms with E-state index in [0.29, 0.717) is 17.2 Å². The molecule has 0 atom stereocenters. The van der Waals surface area contributed by atoms with Crippen LogP contribution in [0.2, 0.25) is 0 Å². The van der Waals surface area contributed by atoms with Crippen molar-refractivity contribution in [1.82, 2.24) is 0 Å². The van der Waals surface area contributed by atoms with E-state index in [1.165, 1.54) is 0 Å². The van der Waals surface area contributed by atoms with Crippen molar-refractivity contribution in [2.45, 2.75) is 0 Å². The van der Waals surface area contributed by atoms with Crippen LogP contribution in [0.5, 0.6) is 11.5 Å². The lowest BCUT2D eigenvalue weighted by Crippen LogP contribution is -2.08. The highest BCUT2D eigenvalue weighted by molar-refractivity contribution is 5.91. The van der Waals surface area contributed by atoms with Crippen molar-refractivity contribution in [1.29, 1.82) is 0 Å². The van der Waals surface area contributed by atoms with Crippen molar-refractivity contribution < 1.29 is 19.4 Å². The summed E-state index contributed by atoms with van der Waals surface area (Å²) < 4.78 is 10.5. The zero-order valence-corrected chi connectivity index (χ0v) is 11.2. The fourth-order valence-electron chi connectivity index (χ4n) is 1.96. The van der Waals surface area contributed by atoms with E-state index in [4.69, 9.17) is 14.6 Å². The van der Waals surface area contributed by atoms with Gasteiger partial charge in [-0.2, -0.15) is 0 Å². The molecule has 0 bridgehead atoms. The minimum absolute atomic E-state index is 0.503. The van der Waals surface area contributed by atoms with Crippen LogP contribution in [0.3, 0.4) is 0 Å². The summed E-state index contributed by atoms with van der Waals surface area (Å²) in [4.78, 5) is 10.8. The van der Waals surface area contributed by atoms with Crippen LogP contribution in [0.25, 0.3) is 11.1 Å². The first-order chi connectivity index (χ1) is 9.65. The van der Waals surface area contributed by atoms with Crippen LogP contribution in [0.1, 0.15) is 0 Å². The van der Waals surface area contributed by atoms with Crippen molar-refractivity contribution in [3.8, 4) is 22.6 Å². The van der Waals surface area contributed by atoms with Gasteiger partial charge in [-0.15, -0.1) is 0 Å². The molecular weight excluding hydrogens is 258 g/mol. The van der Waals surface area contributed by atoms with E-state index in [9.17, 15) is 4.79 Å². The van der Waals surface area contributed by atoms with E-state index in [1.807, 2.05) is 18.2 Å². The fourth-order valence-corrected chi connectivity index (χ4v) is 1.96. The Morgan fingerprint density at radius 3 is 2.45 bits per heavy atom. The third-order valence-corrected chi connectivity index (χ3v) is 2.87. The van der Waals surface area contributed by atoms with E-state index < -0.39 is 6.09 Å². The van der Waals surface area contributed by atoms with Gasteiger partial charge in [0.2, 0.25) is 0 Å². The monoisotopic (exact) mass is 273 g/mol. The molecule has 0 spiro atoms. The highest BCUT2D eigenvalue weighted by Gasteiger charge is 2.12. The predicted octanol–water partition coefficient (Wildman–Crippen LogP) is 3.46. The molecule has 2 aromatic rings. The minimum Gasteiger partial charge on any atom is -0.497 e. The Balaban J connectivity index is 2.53. The summed E-state index contributed by atoms with van der Waals surface area (Å²) in [6.45, 7) is 0. The average molecular weight is 273 g/mol. The van der Waals surface area contributed by atoms with Gasteiger partial charge in [-0.3, -0.25) is 5.32 Å². The smallest absolute Gasteiger partial charge is 0.409 e. The molecule has 5 heteroatoms. The Morgan fingerprint density at radius 1 is 1.05 bits per heavy atom. The zero-order valence-electron chi connectivity index (χ0n) is 11.2. The van der Waals surface area contributed by atoms with Crippen LogP contribution in [-0.4, -0.2) is 25.4 Å². The number of carbonyl (C=O) groups is 1. The number of amides is 1. The Labute approximate surface area is 116 Å². The number of hydrogen-bond donors (Lipinski definition) is 2. The van der Waals surface area contributed by atoms with Gasteiger partial charge in [0.25, 0.3) is 0 Å². The molecule has 5 nitrogen and oxygen atoms in total. The van der Waals surface area contributed by atoms with E-state index in [2.05, 4.69) is 5.32 Å². The van der Waals surface area contributed by atoms with E-state index >= 15 is 0 Å². The fraction of sp³-hybridized carbons (Fsp3) is 0.133. The van der Waals surface area contributed by atoms with E-state index in [1.54, 1.807) is 38.5 Å². The Bertz CT molecular complexity index is 625. The molecule has 0 aliphatic rings. The SMILES string of the molecule is COc1ccc(-c2ccccc2NC(=O)O)c(OC)c1. The van der Waals surface area contributed by atoms with Crippen LogP contribution < -0.4 is 14.8 Å². The lowest BCUT2D eigenvalue weighted by atomic mass is 10.0. The summed E-state index contributed by atoms with van der Waals surface area (Å²) in [7, 11) is 3.14. The first-order valence-corrected chi connectivity index (χ1v) is 5.97. The van der Waals surface area contributed by atoms with Gasteiger partial charge in [0.15, 0.2) is 0 Å². The van der Waals surface area contributed by atoms with Crippen LogP contribution >= 0.6 is 0 Å². The third-order valence-electron chi connectivity index (χ3n) is 2.87. The van der Waals surface area contributed by atoms with Crippen molar-refractivity contribution in [2.75, 3.05) is 19.5 Å². The molecule has 0 aliphatic heterocycles. The largest absolute Gasteiger partial charge is 0.497 e. The zero-order chi connectivity index (χ0) is 14.5. The minimum atomic E-state index is -1.11. The molecule has 2 rings (SSSR count). The lowest BCUT2D eigenvalue weighted by Gasteiger charge is -2.13. The van der Waals surface area contributed by atoms with Gasteiger partial charge >= 0.3 is 6.09 Å². The number of rotatable bonds is 4. The Kier molecular flexibility index (Phi) is 4.10. The molecule has 2 N–H and O–H groups in total. The topological polar surface area (TPSA) is 67.8 Å². The molecule has 0 aromatic heterocycles. The number of carboxylic acid groups (broad SMARTS) is 1. The number of para-hydroxylation sites is 1. The van der Waals surface area contributed by atoms with Crippen LogP contribution in [0.4, 0.5) is 10.5 Å². The Morgan fingerprint density at radius 2 is 1.80 bits per heavy atom. The number of anilines is 1. The highest BCUT2D eigenvalue weighted by atomic mass is 16.5. The van der Waals surface area contributed by atoms with Gasteiger partial charge in [-0.1, -0.05) is 18.2 Å². The number of nitrogens with one attached hydrogen (secondary N) is 1. The maximum Gasteiger partial charge on any atom is 0.409 e. The molecule has 0 saturated heterocycles.